The number of hydrogen-bond acceptors (Lipinski definition) is 7. The van der Waals surface area contributed by atoms with Gasteiger partial charge >= 0.3 is 6.03 Å². The van der Waals surface area contributed by atoms with Crippen molar-refractivity contribution in [3.05, 3.63) is 97.0 Å². The number of non-ortho nitro benzene ring substituents is 1. The fraction of sp³-hybridized carbons (Fsp3) is 0.148. The molecule has 3 aromatic rings. The first-order valence-electron chi connectivity index (χ1n) is 11.3. The molecule has 11 heteroatoms. The van der Waals surface area contributed by atoms with E-state index in [1.54, 1.807) is 42.5 Å². The van der Waals surface area contributed by atoms with Crippen LogP contribution in [0.25, 0.3) is 6.08 Å². The number of nitrogens with zero attached hydrogens (tertiary/aromatic N) is 2. The second-order valence-electron chi connectivity index (χ2n) is 8.48. The zero-order valence-corrected chi connectivity index (χ0v) is 22.2. The van der Waals surface area contributed by atoms with Crippen LogP contribution >= 0.6 is 15.9 Å². The van der Waals surface area contributed by atoms with E-state index in [1.165, 1.54) is 25.3 Å². The standard InChI is InChI=1S/C27H22BrN3O7/c1-15-7-8-19(9-16(15)2)30-26(33)21(25(32)29-27(30)34)11-18-12-22(28)24(23(13-18)37-3)38-14-17-5-4-6-20(10-17)31(35)36/h4-13H,14H2,1-3H3,(H,29,32,34)/b21-11+. The lowest BCUT2D eigenvalue weighted by Gasteiger charge is -2.27. The monoisotopic (exact) mass is 579 g/mol. The van der Waals surface area contributed by atoms with E-state index in [9.17, 15) is 24.5 Å². The zero-order chi connectivity index (χ0) is 27.6. The molecule has 4 rings (SSSR count). The highest BCUT2D eigenvalue weighted by molar-refractivity contribution is 9.10. The number of anilines is 1. The first kappa shape index (κ1) is 26.6. The number of nitro benzene ring substituents is 1. The Morgan fingerprint density at radius 2 is 1.82 bits per heavy atom. The van der Waals surface area contributed by atoms with Crippen molar-refractivity contribution in [1.29, 1.82) is 0 Å². The molecule has 0 aliphatic carbocycles. The second-order valence-corrected chi connectivity index (χ2v) is 9.33. The van der Waals surface area contributed by atoms with Crippen molar-refractivity contribution in [2.75, 3.05) is 12.0 Å². The van der Waals surface area contributed by atoms with E-state index in [4.69, 9.17) is 9.47 Å². The maximum atomic E-state index is 13.2. The van der Waals surface area contributed by atoms with Crippen molar-refractivity contribution in [1.82, 2.24) is 5.32 Å². The summed E-state index contributed by atoms with van der Waals surface area (Å²) in [4.78, 5) is 49.8. The molecule has 0 aromatic heterocycles. The number of barbiturate groups is 1. The maximum Gasteiger partial charge on any atom is 0.335 e. The number of urea groups is 1. The van der Waals surface area contributed by atoms with Crippen molar-refractivity contribution in [3.63, 3.8) is 0 Å². The maximum absolute atomic E-state index is 13.2. The molecule has 10 nitrogen and oxygen atoms in total. The number of nitrogens with one attached hydrogen (secondary N) is 1. The van der Waals surface area contributed by atoms with Gasteiger partial charge in [-0.3, -0.25) is 25.0 Å². The molecule has 0 bridgehead atoms. The smallest absolute Gasteiger partial charge is 0.335 e. The van der Waals surface area contributed by atoms with Crippen molar-refractivity contribution in [2.45, 2.75) is 20.5 Å². The number of imide groups is 2. The summed E-state index contributed by atoms with van der Waals surface area (Å²) in [5.74, 6) is -0.959. The number of benzene rings is 3. The van der Waals surface area contributed by atoms with Gasteiger partial charge in [-0.1, -0.05) is 18.2 Å². The minimum absolute atomic E-state index is 0.0327. The molecule has 0 unspecified atom stereocenters. The van der Waals surface area contributed by atoms with Gasteiger partial charge in [-0.15, -0.1) is 0 Å². The third-order valence-corrected chi connectivity index (χ3v) is 6.51. The number of rotatable bonds is 7. The number of methoxy groups -OCH3 is 1. The summed E-state index contributed by atoms with van der Waals surface area (Å²) < 4.78 is 11.8. The van der Waals surface area contributed by atoms with E-state index < -0.39 is 22.8 Å². The van der Waals surface area contributed by atoms with Gasteiger partial charge < -0.3 is 9.47 Å². The molecule has 0 atom stereocenters. The van der Waals surface area contributed by atoms with Crippen LogP contribution in [0.2, 0.25) is 0 Å². The first-order valence-corrected chi connectivity index (χ1v) is 12.1. The molecule has 3 aromatic carbocycles. The van der Waals surface area contributed by atoms with Crippen LogP contribution in [0.3, 0.4) is 0 Å². The molecule has 38 heavy (non-hydrogen) atoms. The Hall–Kier alpha value is -4.51. The highest BCUT2D eigenvalue weighted by Crippen LogP contribution is 2.38. The van der Waals surface area contributed by atoms with Gasteiger partial charge in [0, 0.05) is 12.1 Å². The van der Waals surface area contributed by atoms with Crippen LogP contribution in [0.5, 0.6) is 11.5 Å². The van der Waals surface area contributed by atoms with Crippen molar-refractivity contribution < 1.29 is 28.8 Å². The van der Waals surface area contributed by atoms with Gasteiger partial charge in [0.15, 0.2) is 11.5 Å². The molecule has 4 amide bonds. The minimum atomic E-state index is -0.830. The Labute approximate surface area is 226 Å². The molecule has 1 fully saturated rings. The number of carbonyl (C=O) groups excluding carboxylic acids is 3. The van der Waals surface area contributed by atoms with Gasteiger partial charge in [0.05, 0.1) is 22.2 Å². The number of amides is 4. The topological polar surface area (TPSA) is 128 Å². The van der Waals surface area contributed by atoms with Crippen LogP contribution in [0, 0.1) is 24.0 Å². The molecule has 1 aliphatic heterocycles. The summed E-state index contributed by atoms with van der Waals surface area (Å²) in [7, 11) is 1.43. The third-order valence-electron chi connectivity index (χ3n) is 5.92. The number of hydrogen-bond donors (Lipinski definition) is 1. The van der Waals surface area contributed by atoms with Gasteiger partial charge in [0.25, 0.3) is 17.5 Å². The minimum Gasteiger partial charge on any atom is -0.493 e. The molecule has 1 aliphatic rings. The summed E-state index contributed by atoms with van der Waals surface area (Å²) in [6.45, 7) is 3.80. The van der Waals surface area contributed by atoms with Gasteiger partial charge in [0.2, 0.25) is 0 Å². The molecular formula is C27H22BrN3O7. The zero-order valence-electron chi connectivity index (χ0n) is 20.6. The van der Waals surface area contributed by atoms with E-state index in [-0.39, 0.29) is 17.9 Å². The molecule has 1 saturated heterocycles. The van der Waals surface area contributed by atoms with E-state index in [2.05, 4.69) is 21.2 Å². The Balaban J connectivity index is 1.63. The quantitative estimate of drug-likeness (QED) is 0.176. The van der Waals surface area contributed by atoms with Crippen LogP contribution in [0.4, 0.5) is 16.2 Å². The fourth-order valence-electron chi connectivity index (χ4n) is 3.80. The summed E-state index contributed by atoms with van der Waals surface area (Å²) >= 11 is 3.43. The van der Waals surface area contributed by atoms with E-state index >= 15 is 0 Å². The second kappa shape index (κ2) is 10.9. The first-order chi connectivity index (χ1) is 18.1. The SMILES string of the molecule is COc1cc(/C=C2\C(=O)NC(=O)N(c3ccc(C)c(C)c3)C2=O)cc(Br)c1OCc1cccc([N+](=O)[O-])c1. The molecule has 0 radical (unpaired) electrons. The number of halogens is 1. The van der Waals surface area contributed by atoms with Crippen LogP contribution < -0.4 is 19.7 Å². The summed E-state index contributed by atoms with van der Waals surface area (Å²) in [6.07, 6.45) is 1.36. The number of carbonyl (C=O) groups is 3. The van der Waals surface area contributed by atoms with E-state index in [0.717, 1.165) is 16.0 Å². The average Bonchev–Trinajstić information content (AvgIpc) is 2.87. The summed E-state index contributed by atoms with van der Waals surface area (Å²) in [5.41, 5.74) is 2.96. The van der Waals surface area contributed by atoms with Crippen LogP contribution in [-0.4, -0.2) is 29.9 Å². The van der Waals surface area contributed by atoms with Gasteiger partial charge in [-0.2, -0.15) is 0 Å². The van der Waals surface area contributed by atoms with E-state index in [1.807, 2.05) is 13.8 Å². The average molecular weight is 580 g/mol. The summed E-state index contributed by atoms with van der Waals surface area (Å²) in [5, 5.41) is 13.2. The molecule has 1 heterocycles. The highest BCUT2D eigenvalue weighted by atomic mass is 79.9. The van der Waals surface area contributed by atoms with E-state index in [0.29, 0.717) is 32.8 Å². The van der Waals surface area contributed by atoms with Gasteiger partial charge in [-0.05, 0) is 82.4 Å². The molecule has 194 valence electrons. The fourth-order valence-corrected chi connectivity index (χ4v) is 4.38. The Morgan fingerprint density at radius 3 is 2.50 bits per heavy atom. The van der Waals surface area contributed by atoms with Crippen molar-refractivity contribution in [3.8, 4) is 11.5 Å². The lowest BCUT2D eigenvalue weighted by Crippen LogP contribution is -2.54. The molecular weight excluding hydrogens is 558 g/mol. The lowest BCUT2D eigenvalue weighted by atomic mass is 10.0. The molecule has 1 N–H and O–H groups in total. The Kier molecular flexibility index (Phi) is 7.58. The number of ether oxygens (including phenoxy) is 2. The third kappa shape index (κ3) is 5.42. The number of aryl methyl sites for hydroxylation is 2. The molecule has 0 saturated carbocycles. The van der Waals surface area contributed by atoms with Crippen molar-refractivity contribution in [2.24, 2.45) is 0 Å². The van der Waals surface area contributed by atoms with Crippen molar-refractivity contribution >= 4 is 51.2 Å². The van der Waals surface area contributed by atoms with Crippen LogP contribution in [0.15, 0.2) is 64.6 Å². The van der Waals surface area contributed by atoms with Gasteiger partial charge in [-0.25, -0.2) is 9.69 Å². The summed E-state index contributed by atoms with van der Waals surface area (Å²) in [6, 6.07) is 13.6. The Morgan fingerprint density at radius 1 is 1.05 bits per heavy atom. The van der Waals surface area contributed by atoms with Gasteiger partial charge in [0.1, 0.15) is 12.2 Å². The predicted molar refractivity (Wildman–Crippen MR) is 143 cm³/mol. The highest BCUT2D eigenvalue weighted by Gasteiger charge is 2.37. The number of nitro groups is 1. The van der Waals surface area contributed by atoms with Crippen LogP contribution in [-0.2, 0) is 16.2 Å². The Bertz CT molecular complexity index is 1520. The molecule has 0 spiro atoms. The largest absolute Gasteiger partial charge is 0.493 e. The normalized spacial score (nSPS) is 14.5. The predicted octanol–water partition coefficient (Wildman–Crippen LogP) is 5.23. The lowest BCUT2D eigenvalue weighted by molar-refractivity contribution is -0.384. The van der Waals surface area contributed by atoms with Crippen LogP contribution in [0.1, 0.15) is 22.3 Å².